The summed E-state index contributed by atoms with van der Waals surface area (Å²) in [7, 11) is 0. The minimum absolute atomic E-state index is 0.180. The molecule has 2 heterocycles. The summed E-state index contributed by atoms with van der Waals surface area (Å²) < 4.78 is 0. The second-order valence-corrected chi connectivity index (χ2v) is 3.67. The molecule has 0 fully saturated rings. The first-order valence-electron chi connectivity index (χ1n) is 5.06. The Morgan fingerprint density at radius 1 is 1.38 bits per heavy atom. The first kappa shape index (κ1) is 10.5. The van der Waals surface area contributed by atoms with Gasteiger partial charge >= 0.3 is 0 Å². The average Bonchev–Trinajstić information content (AvgIpc) is 2.59. The summed E-state index contributed by atoms with van der Waals surface area (Å²) >= 11 is 0. The monoisotopic (exact) mass is 218 g/mol. The van der Waals surface area contributed by atoms with Crippen LogP contribution in [0.5, 0.6) is 5.75 Å². The molecule has 2 aromatic rings. The lowest BCUT2D eigenvalue weighted by Crippen LogP contribution is -2.02. The molecule has 2 rings (SSSR count). The number of rotatable bonds is 3. The van der Waals surface area contributed by atoms with Gasteiger partial charge in [0.05, 0.1) is 35.5 Å². The molecule has 16 heavy (non-hydrogen) atoms. The number of aromatic hydroxyl groups is 1. The highest BCUT2D eigenvalue weighted by Gasteiger charge is 2.05. The molecule has 0 aliphatic heterocycles. The van der Waals surface area contributed by atoms with Crippen molar-refractivity contribution < 1.29 is 5.11 Å². The number of aryl methyl sites for hydroxylation is 2. The molecule has 2 aromatic heterocycles. The van der Waals surface area contributed by atoms with Crippen LogP contribution in [0.25, 0.3) is 0 Å². The molecule has 0 saturated carbocycles. The van der Waals surface area contributed by atoms with Crippen LogP contribution < -0.4 is 5.32 Å². The van der Waals surface area contributed by atoms with E-state index in [1.54, 1.807) is 12.1 Å². The number of H-pyrrole nitrogens is 1. The fourth-order valence-corrected chi connectivity index (χ4v) is 1.51. The van der Waals surface area contributed by atoms with Crippen molar-refractivity contribution in [2.45, 2.75) is 20.4 Å². The summed E-state index contributed by atoms with van der Waals surface area (Å²) in [6, 6.07) is 3.41. The standard InChI is InChI=1S/C11H14N4O/c1-7-11(8(2)15-14-7)13-5-9-3-4-10(16)6-12-9/h3-4,6,13,16H,5H2,1-2H3,(H,14,15). The summed E-state index contributed by atoms with van der Waals surface area (Å²) in [4.78, 5) is 4.09. The lowest BCUT2D eigenvalue weighted by molar-refractivity contribution is 0.472. The van der Waals surface area contributed by atoms with Gasteiger partial charge in [0, 0.05) is 0 Å². The van der Waals surface area contributed by atoms with E-state index < -0.39 is 0 Å². The second kappa shape index (κ2) is 4.22. The van der Waals surface area contributed by atoms with Crippen LogP contribution in [-0.2, 0) is 6.54 Å². The van der Waals surface area contributed by atoms with E-state index in [0.29, 0.717) is 6.54 Å². The van der Waals surface area contributed by atoms with Crippen LogP contribution >= 0.6 is 0 Å². The summed E-state index contributed by atoms with van der Waals surface area (Å²) in [5, 5.41) is 19.4. The van der Waals surface area contributed by atoms with Gasteiger partial charge in [0.25, 0.3) is 0 Å². The molecule has 0 spiro atoms. The van der Waals surface area contributed by atoms with Crippen LogP contribution in [0.3, 0.4) is 0 Å². The van der Waals surface area contributed by atoms with E-state index in [2.05, 4.69) is 20.5 Å². The topological polar surface area (TPSA) is 73.8 Å². The number of nitrogens with zero attached hydrogens (tertiary/aromatic N) is 2. The van der Waals surface area contributed by atoms with Crippen LogP contribution in [0.1, 0.15) is 17.1 Å². The Balaban J connectivity index is 2.05. The Labute approximate surface area is 93.5 Å². The van der Waals surface area contributed by atoms with Gasteiger partial charge in [-0.05, 0) is 26.0 Å². The normalized spacial score (nSPS) is 10.4. The van der Waals surface area contributed by atoms with Crippen molar-refractivity contribution in [3.05, 3.63) is 35.4 Å². The first-order valence-corrected chi connectivity index (χ1v) is 5.06. The summed E-state index contributed by atoms with van der Waals surface area (Å²) in [5.74, 6) is 0.180. The van der Waals surface area contributed by atoms with Gasteiger partial charge in [0.2, 0.25) is 0 Å². The van der Waals surface area contributed by atoms with Crippen LogP contribution in [0.4, 0.5) is 5.69 Å². The number of aromatic amines is 1. The van der Waals surface area contributed by atoms with Gasteiger partial charge in [-0.1, -0.05) is 0 Å². The molecule has 0 aliphatic rings. The second-order valence-electron chi connectivity index (χ2n) is 3.67. The van der Waals surface area contributed by atoms with Gasteiger partial charge in [-0.25, -0.2) is 0 Å². The largest absolute Gasteiger partial charge is 0.506 e. The van der Waals surface area contributed by atoms with Crippen molar-refractivity contribution in [1.29, 1.82) is 0 Å². The predicted molar refractivity (Wildman–Crippen MR) is 61.3 cm³/mol. The third-order valence-electron chi connectivity index (χ3n) is 2.38. The molecule has 0 aliphatic carbocycles. The highest BCUT2D eigenvalue weighted by atomic mass is 16.3. The van der Waals surface area contributed by atoms with E-state index in [4.69, 9.17) is 5.11 Å². The van der Waals surface area contributed by atoms with Crippen LogP contribution in [0.15, 0.2) is 18.3 Å². The molecule has 5 heteroatoms. The predicted octanol–water partition coefficient (Wildman–Crippen LogP) is 1.74. The Hall–Kier alpha value is -2.04. The van der Waals surface area contributed by atoms with Crippen molar-refractivity contribution >= 4 is 5.69 Å². The van der Waals surface area contributed by atoms with Gasteiger partial charge in [-0.15, -0.1) is 0 Å². The molecule has 0 unspecified atom stereocenters. The van der Waals surface area contributed by atoms with E-state index >= 15 is 0 Å². The van der Waals surface area contributed by atoms with Crippen molar-refractivity contribution in [3.8, 4) is 5.75 Å². The molecule has 84 valence electrons. The lowest BCUT2D eigenvalue weighted by Gasteiger charge is -2.05. The first-order chi connectivity index (χ1) is 7.66. The fourth-order valence-electron chi connectivity index (χ4n) is 1.51. The van der Waals surface area contributed by atoms with E-state index in [0.717, 1.165) is 22.8 Å². The Kier molecular flexibility index (Phi) is 2.76. The molecule has 3 N–H and O–H groups in total. The third-order valence-corrected chi connectivity index (χ3v) is 2.38. The molecule has 0 radical (unpaired) electrons. The highest BCUT2D eigenvalue weighted by molar-refractivity contribution is 5.51. The van der Waals surface area contributed by atoms with Crippen molar-refractivity contribution in [2.24, 2.45) is 0 Å². The summed E-state index contributed by atoms with van der Waals surface area (Å²) in [6.07, 6.45) is 1.44. The number of hydrogen-bond acceptors (Lipinski definition) is 4. The zero-order chi connectivity index (χ0) is 11.5. The van der Waals surface area contributed by atoms with Crippen LogP contribution in [0, 0.1) is 13.8 Å². The zero-order valence-corrected chi connectivity index (χ0v) is 9.28. The maximum absolute atomic E-state index is 9.10. The quantitative estimate of drug-likeness (QED) is 0.733. The van der Waals surface area contributed by atoms with E-state index in [1.165, 1.54) is 6.20 Å². The van der Waals surface area contributed by atoms with Gasteiger partial charge in [-0.3, -0.25) is 10.1 Å². The van der Waals surface area contributed by atoms with E-state index in [-0.39, 0.29) is 5.75 Å². The zero-order valence-electron chi connectivity index (χ0n) is 9.28. The molecular weight excluding hydrogens is 204 g/mol. The van der Waals surface area contributed by atoms with Gasteiger partial charge in [-0.2, -0.15) is 5.10 Å². The number of pyridine rings is 1. The average molecular weight is 218 g/mol. The summed E-state index contributed by atoms with van der Waals surface area (Å²) in [5.41, 5.74) is 3.83. The molecule has 0 saturated heterocycles. The van der Waals surface area contributed by atoms with Crippen molar-refractivity contribution in [2.75, 3.05) is 5.32 Å². The Morgan fingerprint density at radius 2 is 2.19 bits per heavy atom. The summed E-state index contributed by atoms with van der Waals surface area (Å²) in [6.45, 7) is 4.52. The SMILES string of the molecule is Cc1n[nH]c(C)c1NCc1ccc(O)cn1. The van der Waals surface area contributed by atoms with E-state index in [1.807, 2.05) is 13.8 Å². The van der Waals surface area contributed by atoms with Gasteiger partial charge in [0.1, 0.15) is 5.75 Å². The molecular formula is C11H14N4O. The molecule has 5 nitrogen and oxygen atoms in total. The molecule has 0 bridgehead atoms. The van der Waals surface area contributed by atoms with Crippen LogP contribution in [-0.4, -0.2) is 20.3 Å². The molecule has 0 amide bonds. The number of anilines is 1. The highest BCUT2D eigenvalue weighted by Crippen LogP contribution is 2.17. The maximum atomic E-state index is 9.10. The number of aromatic nitrogens is 3. The fraction of sp³-hybridized carbons (Fsp3) is 0.273. The van der Waals surface area contributed by atoms with Crippen molar-refractivity contribution in [3.63, 3.8) is 0 Å². The van der Waals surface area contributed by atoms with Gasteiger partial charge in [0.15, 0.2) is 0 Å². The van der Waals surface area contributed by atoms with Crippen molar-refractivity contribution in [1.82, 2.24) is 15.2 Å². The smallest absolute Gasteiger partial charge is 0.133 e. The number of nitrogens with one attached hydrogen (secondary N) is 2. The maximum Gasteiger partial charge on any atom is 0.133 e. The lowest BCUT2D eigenvalue weighted by atomic mass is 10.3. The Morgan fingerprint density at radius 3 is 2.75 bits per heavy atom. The van der Waals surface area contributed by atoms with E-state index in [9.17, 15) is 0 Å². The van der Waals surface area contributed by atoms with Crippen LogP contribution in [0.2, 0.25) is 0 Å². The molecule has 0 atom stereocenters. The van der Waals surface area contributed by atoms with Gasteiger partial charge < -0.3 is 10.4 Å². The third kappa shape index (κ3) is 2.13. The Bertz CT molecular complexity index is 456. The minimum Gasteiger partial charge on any atom is -0.506 e. The number of hydrogen-bond donors (Lipinski definition) is 3. The minimum atomic E-state index is 0.180. The molecule has 0 aromatic carbocycles.